The average Bonchev–Trinajstić information content (AvgIpc) is 2.17. The number of nitrogens with one attached hydrogen (secondary N) is 1. The summed E-state index contributed by atoms with van der Waals surface area (Å²) in [5.41, 5.74) is 1.30. The first-order chi connectivity index (χ1) is 7.38. The Labute approximate surface area is 111 Å². The molecule has 0 fully saturated rings. The minimum absolute atomic E-state index is 0.158. The van der Waals surface area contributed by atoms with E-state index in [9.17, 15) is 0 Å². The monoisotopic (exact) mass is 301 g/mol. The number of rotatable bonds is 3. The van der Waals surface area contributed by atoms with E-state index in [4.69, 9.17) is 11.6 Å². The third-order valence-electron chi connectivity index (χ3n) is 2.00. The van der Waals surface area contributed by atoms with Crippen LogP contribution in [-0.2, 0) is 0 Å². The minimum atomic E-state index is 0.158. The summed E-state index contributed by atoms with van der Waals surface area (Å²) in [6, 6.07) is 5.90. The molecular weight excluding hydrogens is 286 g/mol. The van der Waals surface area contributed by atoms with E-state index in [0.717, 1.165) is 21.6 Å². The maximum Gasteiger partial charge on any atom is 0.0548 e. The Bertz CT molecular complexity index is 380. The van der Waals surface area contributed by atoms with Crippen LogP contribution in [0.4, 0.5) is 0 Å². The number of hydrogen-bond acceptors (Lipinski definition) is 1. The fourth-order valence-electron chi connectivity index (χ4n) is 1.18. The van der Waals surface area contributed by atoms with E-state index in [0.29, 0.717) is 0 Å². The first-order valence-corrected chi connectivity index (χ1v) is 6.42. The second kappa shape index (κ2) is 5.85. The van der Waals surface area contributed by atoms with Crippen LogP contribution >= 0.6 is 27.5 Å². The van der Waals surface area contributed by atoms with Crippen LogP contribution in [0.3, 0.4) is 0 Å². The van der Waals surface area contributed by atoms with Crippen molar-refractivity contribution in [1.82, 2.24) is 5.32 Å². The largest absolute Gasteiger partial charge is 0.309 e. The Kier molecular flexibility index (Phi) is 5.03. The second-order valence-electron chi connectivity index (χ2n) is 4.71. The van der Waals surface area contributed by atoms with Crippen LogP contribution in [0, 0.1) is 0 Å². The predicted octanol–water partition coefficient (Wildman–Crippen LogP) is 4.50. The van der Waals surface area contributed by atoms with Crippen LogP contribution in [0.25, 0.3) is 6.08 Å². The van der Waals surface area contributed by atoms with Gasteiger partial charge in [0.25, 0.3) is 0 Å². The molecule has 16 heavy (non-hydrogen) atoms. The average molecular weight is 303 g/mol. The summed E-state index contributed by atoms with van der Waals surface area (Å²) in [4.78, 5) is 0. The van der Waals surface area contributed by atoms with Crippen LogP contribution in [-0.4, -0.2) is 12.1 Å². The van der Waals surface area contributed by atoms with Crippen molar-refractivity contribution < 1.29 is 0 Å². The zero-order valence-electron chi connectivity index (χ0n) is 9.85. The lowest BCUT2D eigenvalue weighted by molar-refractivity contribution is 0.450. The van der Waals surface area contributed by atoms with Gasteiger partial charge in [0, 0.05) is 16.6 Å². The lowest BCUT2D eigenvalue weighted by Gasteiger charge is -2.18. The smallest absolute Gasteiger partial charge is 0.0548 e. The molecule has 1 aromatic rings. The van der Waals surface area contributed by atoms with Crippen molar-refractivity contribution in [2.45, 2.75) is 26.3 Å². The van der Waals surface area contributed by atoms with Gasteiger partial charge >= 0.3 is 0 Å². The van der Waals surface area contributed by atoms with Gasteiger partial charge < -0.3 is 5.32 Å². The van der Waals surface area contributed by atoms with Crippen molar-refractivity contribution in [1.29, 1.82) is 0 Å². The predicted molar refractivity (Wildman–Crippen MR) is 75.9 cm³/mol. The zero-order valence-corrected chi connectivity index (χ0v) is 12.2. The molecule has 88 valence electrons. The van der Waals surface area contributed by atoms with Crippen molar-refractivity contribution in [3.05, 3.63) is 39.3 Å². The molecule has 3 heteroatoms. The molecule has 1 nitrogen and oxygen atoms in total. The molecule has 0 amide bonds. The van der Waals surface area contributed by atoms with Crippen molar-refractivity contribution in [2.75, 3.05) is 6.54 Å². The summed E-state index contributed by atoms with van der Waals surface area (Å²) in [5, 5.41) is 4.13. The molecular formula is C13H17BrClN. The van der Waals surface area contributed by atoms with Gasteiger partial charge in [-0.3, -0.25) is 0 Å². The second-order valence-corrected chi connectivity index (χ2v) is 5.97. The van der Waals surface area contributed by atoms with Crippen LogP contribution in [0.1, 0.15) is 26.3 Å². The lowest BCUT2D eigenvalue weighted by atomic mass is 10.1. The number of halogens is 2. The van der Waals surface area contributed by atoms with Gasteiger partial charge in [-0.25, -0.2) is 0 Å². The van der Waals surface area contributed by atoms with Crippen molar-refractivity contribution in [2.24, 2.45) is 0 Å². The SMILES string of the molecule is CC(C)(C)NC/C=C/c1ccc(Cl)c(Br)c1. The quantitative estimate of drug-likeness (QED) is 0.866. The summed E-state index contributed by atoms with van der Waals surface area (Å²) in [6.45, 7) is 7.32. The van der Waals surface area contributed by atoms with Crippen molar-refractivity contribution in [3.8, 4) is 0 Å². The number of benzene rings is 1. The molecule has 0 spiro atoms. The summed E-state index contributed by atoms with van der Waals surface area (Å²) in [5.74, 6) is 0. The van der Waals surface area contributed by atoms with E-state index in [1.54, 1.807) is 0 Å². The molecule has 0 aliphatic heterocycles. The molecule has 1 N–H and O–H groups in total. The summed E-state index contributed by atoms with van der Waals surface area (Å²) < 4.78 is 0.931. The highest BCUT2D eigenvalue weighted by molar-refractivity contribution is 9.10. The van der Waals surface area contributed by atoms with Gasteiger partial charge in [0.2, 0.25) is 0 Å². The Morgan fingerprint density at radius 3 is 2.62 bits per heavy atom. The molecule has 1 rings (SSSR count). The van der Waals surface area contributed by atoms with Gasteiger partial charge in [-0.05, 0) is 54.4 Å². The first kappa shape index (κ1) is 13.8. The lowest BCUT2D eigenvalue weighted by Crippen LogP contribution is -2.35. The van der Waals surface area contributed by atoms with Gasteiger partial charge in [-0.1, -0.05) is 29.8 Å². The first-order valence-electron chi connectivity index (χ1n) is 5.25. The third kappa shape index (κ3) is 5.15. The molecule has 1 aromatic carbocycles. The summed E-state index contributed by atoms with van der Waals surface area (Å²) >= 11 is 9.32. The highest BCUT2D eigenvalue weighted by Gasteiger charge is 2.05. The molecule has 0 aromatic heterocycles. The minimum Gasteiger partial charge on any atom is -0.309 e. The Balaban J connectivity index is 2.53. The molecule has 0 aliphatic carbocycles. The van der Waals surface area contributed by atoms with E-state index in [1.807, 2.05) is 18.2 Å². The Morgan fingerprint density at radius 1 is 1.38 bits per heavy atom. The van der Waals surface area contributed by atoms with Crippen molar-refractivity contribution in [3.63, 3.8) is 0 Å². The normalized spacial score (nSPS) is 12.3. The maximum atomic E-state index is 5.92. The molecule has 0 bridgehead atoms. The van der Waals surface area contributed by atoms with E-state index in [2.05, 4.69) is 54.2 Å². The van der Waals surface area contributed by atoms with Gasteiger partial charge in [0.15, 0.2) is 0 Å². The van der Waals surface area contributed by atoms with Gasteiger partial charge in [-0.2, -0.15) is 0 Å². The summed E-state index contributed by atoms with van der Waals surface area (Å²) in [7, 11) is 0. The zero-order chi connectivity index (χ0) is 12.2. The standard InChI is InChI=1S/C13H17BrClN/c1-13(2,3)16-8-4-5-10-6-7-12(15)11(14)9-10/h4-7,9,16H,8H2,1-3H3/b5-4+. The molecule has 0 saturated heterocycles. The van der Waals surface area contributed by atoms with E-state index in [1.165, 1.54) is 0 Å². The summed E-state index contributed by atoms with van der Waals surface area (Å²) in [6.07, 6.45) is 4.20. The fraction of sp³-hybridized carbons (Fsp3) is 0.385. The van der Waals surface area contributed by atoms with E-state index >= 15 is 0 Å². The van der Waals surface area contributed by atoms with Gasteiger partial charge in [0.05, 0.1) is 5.02 Å². The van der Waals surface area contributed by atoms with Crippen molar-refractivity contribution >= 4 is 33.6 Å². The molecule has 0 radical (unpaired) electrons. The van der Waals surface area contributed by atoms with E-state index in [-0.39, 0.29) is 5.54 Å². The van der Waals surface area contributed by atoms with Crippen LogP contribution in [0.5, 0.6) is 0 Å². The van der Waals surface area contributed by atoms with E-state index < -0.39 is 0 Å². The van der Waals surface area contributed by atoms with Crippen LogP contribution < -0.4 is 5.32 Å². The molecule has 0 unspecified atom stereocenters. The highest BCUT2D eigenvalue weighted by atomic mass is 79.9. The fourth-order valence-corrected chi connectivity index (χ4v) is 1.69. The molecule has 0 aliphatic rings. The highest BCUT2D eigenvalue weighted by Crippen LogP contribution is 2.23. The topological polar surface area (TPSA) is 12.0 Å². The number of hydrogen-bond donors (Lipinski definition) is 1. The Morgan fingerprint density at radius 2 is 2.06 bits per heavy atom. The molecule has 0 heterocycles. The maximum absolute atomic E-state index is 5.92. The third-order valence-corrected chi connectivity index (χ3v) is 3.22. The Hall–Kier alpha value is -0.310. The van der Waals surface area contributed by atoms with Gasteiger partial charge in [-0.15, -0.1) is 0 Å². The van der Waals surface area contributed by atoms with Gasteiger partial charge in [0.1, 0.15) is 0 Å². The molecule has 0 saturated carbocycles. The molecule has 0 atom stereocenters. The van der Waals surface area contributed by atoms with Crippen LogP contribution in [0.15, 0.2) is 28.7 Å². The van der Waals surface area contributed by atoms with Crippen LogP contribution in [0.2, 0.25) is 5.02 Å².